The normalized spacial score (nSPS) is 15.4. The second-order valence-corrected chi connectivity index (χ2v) is 5.15. The summed E-state index contributed by atoms with van der Waals surface area (Å²) < 4.78 is 0. The van der Waals surface area contributed by atoms with Gasteiger partial charge in [-0.15, -0.1) is 0 Å². The van der Waals surface area contributed by atoms with Gasteiger partial charge in [0.25, 0.3) is 5.69 Å². The molecule has 5 nitrogen and oxygen atoms in total. The zero-order valence-corrected chi connectivity index (χ0v) is 11.0. The number of carbonyl (C=O) groups excluding carboxylic acids is 1. The Hall–Kier alpha value is -1.91. The predicted molar refractivity (Wildman–Crippen MR) is 73.7 cm³/mol. The molecule has 1 aromatic rings. The van der Waals surface area contributed by atoms with Crippen molar-refractivity contribution in [1.82, 2.24) is 0 Å². The van der Waals surface area contributed by atoms with Crippen molar-refractivity contribution in [1.29, 1.82) is 0 Å². The molecule has 0 radical (unpaired) electrons. The van der Waals surface area contributed by atoms with Gasteiger partial charge in [0, 0.05) is 25.3 Å². The van der Waals surface area contributed by atoms with Crippen molar-refractivity contribution < 1.29 is 9.72 Å². The topological polar surface area (TPSA) is 63.4 Å². The zero-order chi connectivity index (χ0) is 13.8. The summed E-state index contributed by atoms with van der Waals surface area (Å²) in [5.41, 5.74) is 0.869. The predicted octanol–water partition coefficient (Wildman–Crippen LogP) is 3.03. The van der Waals surface area contributed by atoms with E-state index >= 15 is 0 Å². The number of hydrogen-bond donors (Lipinski definition) is 0. The van der Waals surface area contributed by atoms with Crippen molar-refractivity contribution in [3.8, 4) is 0 Å². The number of benzene rings is 1. The van der Waals surface area contributed by atoms with Crippen LogP contribution in [0.15, 0.2) is 18.2 Å². The highest BCUT2D eigenvalue weighted by molar-refractivity contribution is 5.83. The summed E-state index contributed by atoms with van der Waals surface area (Å²) in [4.78, 5) is 23.3. The molecule has 0 saturated heterocycles. The van der Waals surface area contributed by atoms with Crippen LogP contribution in [-0.2, 0) is 0 Å². The van der Waals surface area contributed by atoms with Gasteiger partial charge in [0.05, 0.1) is 10.5 Å². The van der Waals surface area contributed by atoms with Crippen LogP contribution in [0, 0.1) is 16.0 Å². The largest absolute Gasteiger partial charge is 0.374 e. The fourth-order valence-corrected chi connectivity index (χ4v) is 2.73. The molecule has 1 saturated carbocycles. The van der Waals surface area contributed by atoms with Crippen LogP contribution in [0.4, 0.5) is 11.4 Å². The first kappa shape index (κ1) is 13.5. The van der Waals surface area contributed by atoms with Gasteiger partial charge in [0.1, 0.15) is 0 Å². The van der Waals surface area contributed by atoms with E-state index < -0.39 is 4.92 Å². The maximum Gasteiger partial charge on any atom is 0.280 e. The molecule has 0 heterocycles. The average molecular weight is 262 g/mol. The minimum absolute atomic E-state index is 0.131. The third kappa shape index (κ3) is 3.10. The lowest BCUT2D eigenvalue weighted by atomic mass is 10.1. The summed E-state index contributed by atoms with van der Waals surface area (Å²) in [5, 5.41) is 10.8. The maximum atomic E-state index is 10.9. The van der Waals surface area contributed by atoms with Crippen LogP contribution < -0.4 is 4.90 Å². The SMILES string of the molecule is CN(CC1CCCC1)c1ccc([N+](=O)[O-])c(C=O)c1. The lowest BCUT2D eigenvalue weighted by Gasteiger charge is -2.23. The third-order valence-electron chi connectivity index (χ3n) is 3.78. The summed E-state index contributed by atoms with van der Waals surface area (Å²) in [6.07, 6.45) is 5.62. The van der Waals surface area contributed by atoms with Crippen LogP contribution in [0.1, 0.15) is 36.0 Å². The van der Waals surface area contributed by atoms with Crippen LogP contribution in [0.25, 0.3) is 0 Å². The monoisotopic (exact) mass is 262 g/mol. The highest BCUT2D eigenvalue weighted by Gasteiger charge is 2.19. The van der Waals surface area contributed by atoms with Crippen molar-refractivity contribution in [3.63, 3.8) is 0 Å². The summed E-state index contributed by atoms with van der Waals surface area (Å²) in [5.74, 6) is 0.694. The van der Waals surface area contributed by atoms with E-state index in [9.17, 15) is 14.9 Å². The number of nitro groups is 1. The molecule has 1 aromatic carbocycles. The number of nitrogens with zero attached hydrogens (tertiary/aromatic N) is 2. The maximum absolute atomic E-state index is 10.9. The third-order valence-corrected chi connectivity index (χ3v) is 3.78. The molecule has 0 atom stereocenters. The standard InChI is InChI=1S/C14H18N2O3/c1-15(9-11-4-2-3-5-11)13-6-7-14(16(18)19)12(8-13)10-17/h6-8,10-11H,2-5,9H2,1H3. The highest BCUT2D eigenvalue weighted by atomic mass is 16.6. The Morgan fingerprint density at radius 2 is 2.11 bits per heavy atom. The van der Waals surface area contributed by atoms with Crippen molar-refractivity contribution >= 4 is 17.7 Å². The van der Waals surface area contributed by atoms with Crippen molar-refractivity contribution in [2.45, 2.75) is 25.7 Å². The van der Waals surface area contributed by atoms with Crippen molar-refractivity contribution in [3.05, 3.63) is 33.9 Å². The van der Waals surface area contributed by atoms with Gasteiger partial charge in [-0.05, 0) is 30.9 Å². The summed E-state index contributed by atoms with van der Waals surface area (Å²) >= 11 is 0. The van der Waals surface area contributed by atoms with Crippen LogP contribution in [-0.4, -0.2) is 24.8 Å². The molecular formula is C14H18N2O3. The van der Waals surface area contributed by atoms with Gasteiger partial charge in [0.2, 0.25) is 0 Å². The molecule has 0 amide bonds. The Morgan fingerprint density at radius 3 is 2.68 bits per heavy atom. The van der Waals surface area contributed by atoms with E-state index in [2.05, 4.69) is 4.90 Å². The molecule has 1 aliphatic carbocycles. The average Bonchev–Trinajstić information content (AvgIpc) is 2.90. The van der Waals surface area contributed by atoms with E-state index in [1.54, 1.807) is 12.1 Å². The fourth-order valence-electron chi connectivity index (χ4n) is 2.73. The van der Waals surface area contributed by atoms with Gasteiger partial charge in [-0.3, -0.25) is 14.9 Å². The van der Waals surface area contributed by atoms with Gasteiger partial charge >= 0.3 is 0 Å². The Bertz CT molecular complexity index is 482. The van der Waals surface area contributed by atoms with Gasteiger partial charge < -0.3 is 4.90 Å². The van der Waals surface area contributed by atoms with E-state index in [-0.39, 0.29) is 11.3 Å². The molecule has 19 heavy (non-hydrogen) atoms. The molecule has 2 rings (SSSR count). The first-order valence-corrected chi connectivity index (χ1v) is 6.56. The van der Waals surface area contributed by atoms with E-state index in [4.69, 9.17) is 0 Å². The Morgan fingerprint density at radius 1 is 1.42 bits per heavy atom. The number of aldehydes is 1. The van der Waals surface area contributed by atoms with Crippen molar-refractivity contribution in [2.24, 2.45) is 5.92 Å². The molecule has 5 heteroatoms. The molecule has 1 aliphatic rings. The Kier molecular flexibility index (Phi) is 4.14. The lowest BCUT2D eigenvalue weighted by molar-refractivity contribution is -0.385. The van der Waals surface area contributed by atoms with E-state index in [1.807, 2.05) is 7.05 Å². The van der Waals surface area contributed by atoms with Crippen LogP contribution in [0.5, 0.6) is 0 Å². The summed E-state index contributed by atoms with van der Waals surface area (Å²) in [6.45, 7) is 0.941. The van der Waals surface area contributed by atoms with Gasteiger partial charge in [0.15, 0.2) is 6.29 Å². The van der Waals surface area contributed by atoms with Gasteiger partial charge in [-0.25, -0.2) is 0 Å². The fraction of sp³-hybridized carbons (Fsp3) is 0.500. The number of anilines is 1. The van der Waals surface area contributed by atoms with E-state index in [1.165, 1.54) is 31.7 Å². The minimum Gasteiger partial charge on any atom is -0.374 e. The second kappa shape index (κ2) is 5.82. The number of rotatable bonds is 5. The highest BCUT2D eigenvalue weighted by Crippen LogP contribution is 2.28. The Labute approximate surface area is 112 Å². The molecule has 0 N–H and O–H groups in total. The van der Waals surface area contributed by atoms with Crippen molar-refractivity contribution in [2.75, 3.05) is 18.5 Å². The van der Waals surface area contributed by atoms with Gasteiger partial charge in [-0.1, -0.05) is 12.8 Å². The molecule has 0 unspecified atom stereocenters. The smallest absolute Gasteiger partial charge is 0.280 e. The molecule has 1 fully saturated rings. The molecule has 102 valence electrons. The summed E-state index contributed by atoms with van der Waals surface area (Å²) in [7, 11) is 1.97. The summed E-state index contributed by atoms with van der Waals surface area (Å²) in [6, 6.07) is 4.71. The zero-order valence-electron chi connectivity index (χ0n) is 11.0. The first-order valence-electron chi connectivity index (χ1n) is 6.56. The van der Waals surface area contributed by atoms with E-state index in [0.717, 1.165) is 12.2 Å². The first-order chi connectivity index (χ1) is 9.11. The number of carbonyl (C=O) groups is 1. The van der Waals surface area contributed by atoms with Crippen LogP contribution >= 0.6 is 0 Å². The number of nitro benzene ring substituents is 1. The van der Waals surface area contributed by atoms with E-state index in [0.29, 0.717) is 12.2 Å². The van der Waals surface area contributed by atoms with Gasteiger partial charge in [-0.2, -0.15) is 0 Å². The van der Waals surface area contributed by atoms with Crippen LogP contribution in [0.3, 0.4) is 0 Å². The molecular weight excluding hydrogens is 244 g/mol. The Balaban J connectivity index is 2.15. The molecule has 0 bridgehead atoms. The lowest BCUT2D eigenvalue weighted by Crippen LogP contribution is -2.24. The second-order valence-electron chi connectivity index (χ2n) is 5.15. The minimum atomic E-state index is -0.523. The molecule has 0 aliphatic heterocycles. The molecule has 0 spiro atoms. The quantitative estimate of drug-likeness (QED) is 0.465. The molecule has 0 aromatic heterocycles. The number of hydrogen-bond acceptors (Lipinski definition) is 4. The van der Waals surface area contributed by atoms with Crippen LogP contribution in [0.2, 0.25) is 0 Å².